The van der Waals surface area contributed by atoms with E-state index in [1.165, 1.54) is 30.8 Å². The summed E-state index contributed by atoms with van der Waals surface area (Å²) in [6.45, 7) is 6.98. The van der Waals surface area contributed by atoms with Gasteiger partial charge in [0, 0.05) is 50.0 Å². The quantitative estimate of drug-likeness (QED) is 0.825. The molecule has 3 aliphatic rings. The van der Waals surface area contributed by atoms with Gasteiger partial charge in [0.2, 0.25) is 0 Å². The first kappa shape index (κ1) is 15.1. The zero-order valence-corrected chi connectivity index (χ0v) is 13.2. The second kappa shape index (κ2) is 7.99. The molecule has 3 atom stereocenters. The van der Waals surface area contributed by atoms with Crippen LogP contribution in [0.1, 0.15) is 19.3 Å². The highest BCUT2D eigenvalue weighted by Crippen LogP contribution is 2.23. The Morgan fingerprint density at radius 2 is 2.05 bits per heavy atom. The summed E-state index contributed by atoms with van der Waals surface area (Å²) in [6, 6.07) is 1.35. The summed E-state index contributed by atoms with van der Waals surface area (Å²) in [5.41, 5.74) is 0. The van der Waals surface area contributed by atoms with Crippen LogP contribution in [0.5, 0.6) is 0 Å². The van der Waals surface area contributed by atoms with Crippen LogP contribution in [-0.2, 0) is 9.47 Å². The lowest BCUT2D eigenvalue weighted by atomic mass is 9.96. The lowest BCUT2D eigenvalue weighted by Gasteiger charge is -2.38. The number of morpholine rings is 1. The smallest absolute Gasteiger partial charge is 0.0594 e. The third-order valence-corrected chi connectivity index (χ3v) is 6.02. The van der Waals surface area contributed by atoms with Gasteiger partial charge in [0.25, 0.3) is 0 Å². The van der Waals surface area contributed by atoms with Crippen molar-refractivity contribution in [3.8, 4) is 0 Å². The van der Waals surface area contributed by atoms with E-state index in [0.717, 1.165) is 52.1 Å². The molecule has 0 aliphatic carbocycles. The van der Waals surface area contributed by atoms with Gasteiger partial charge in [-0.15, -0.1) is 0 Å². The normalized spacial score (nSPS) is 34.2. The summed E-state index contributed by atoms with van der Waals surface area (Å²) in [6.07, 6.45) is 3.95. The van der Waals surface area contributed by atoms with Crippen LogP contribution in [0, 0.1) is 5.92 Å². The van der Waals surface area contributed by atoms with Crippen LogP contribution in [0.25, 0.3) is 0 Å². The molecule has 0 unspecified atom stereocenters. The first-order valence-electron chi connectivity index (χ1n) is 8.14. The molecule has 3 rings (SSSR count). The Hall–Kier alpha value is 0.190. The molecule has 5 heteroatoms. The van der Waals surface area contributed by atoms with E-state index in [0.29, 0.717) is 12.0 Å². The fourth-order valence-corrected chi connectivity index (χ4v) is 4.65. The van der Waals surface area contributed by atoms with Gasteiger partial charge in [-0.3, -0.25) is 4.90 Å². The number of thioether (sulfide) groups is 1. The zero-order chi connectivity index (χ0) is 13.6. The highest BCUT2D eigenvalue weighted by molar-refractivity contribution is 7.99. The standard InChI is InChI=1S/C15H28N2O2S/c1-2-14(12-20-9-1)16-10-15(13-3-6-19-11-13)17-4-7-18-8-5-17/h13-16H,1-12H2/t13-,14-,15+/m1/s1. The summed E-state index contributed by atoms with van der Waals surface area (Å²) in [5.74, 6) is 3.34. The second-order valence-electron chi connectivity index (χ2n) is 6.16. The minimum atomic E-state index is 0.633. The molecule has 4 nitrogen and oxygen atoms in total. The van der Waals surface area contributed by atoms with Gasteiger partial charge >= 0.3 is 0 Å². The molecular weight excluding hydrogens is 272 g/mol. The molecule has 1 N–H and O–H groups in total. The van der Waals surface area contributed by atoms with Gasteiger partial charge in [0.1, 0.15) is 0 Å². The Balaban J connectivity index is 1.53. The summed E-state index contributed by atoms with van der Waals surface area (Å²) in [4.78, 5) is 2.63. The van der Waals surface area contributed by atoms with Gasteiger partial charge < -0.3 is 14.8 Å². The summed E-state index contributed by atoms with van der Waals surface area (Å²) in [5, 5.41) is 3.84. The second-order valence-corrected chi connectivity index (χ2v) is 7.31. The van der Waals surface area contributed by atoms with E-state index >= 15 is 0 Å². The highest BCUT2D eigenvalue weighted by atomic mass is 32.2. The minimum absolute atomic E-state index is 0.633. The number of hydrogen-bond donors (Lipinski definition) is 1. The van der Waals surface area contributed by atoms with Crippen LogP contribution in [-0.4, -0.2) is 74.6 Å². The summed E-state index contributed by atoms with van der Waals surface area (Å²) < 4.78 is 11.1. The van der Waals surface area contributed by atoms with Crippen molar-refractivity contribution in [1.82, 2.24) is 10.2 Å². The number of rotatable bonds is 5. The molecule has 0 bridgehead atoms. The molecule has 0 saturated carbocycles. The van der Waals surface area contributed by atoms with Gasteiger partial charge in [-0.25, -0.2) is 0 Å². The van der Waals surface area contributed by atoms with Crippen molar-refractivity contribution in [2.24, 2.45) is 5.92 Å². The van der Waals surface area contributed by atoms with Crippen molar-refractivity contribution in [2.45, 2.75) is 31.3 Å². The van der Waals surface area contributed by atoms with E-state index < -0.39 is 0 Å². The average Bonchev–Trinajstić information content (AvgIpc) is 3.04. The highest BCUT2D eigenvalue weighted by Gasteiger charge is 2.31. The average molecular weight is 300 g/mol. The molecule has 3 fully saturated rings. The molecule has 0 aromatic heterocycles. The molecule has 116 valence electrons. The predicted octanol–water partition coefficient (Wildman–Crippen LogP) is 1.21. The van der Waals surface area contributed by atoms with Gasteiger partial charge in [0.05, 0.1) is 19.8 Å². The lowest BCUT2D eigenvalue weighted by molar-refractivity contribution is 0.000894. The molecule has 3 saturated heterocycles. The van der Waals surface area contributed by atoms with Gasteiger partial charge in [-0.2, -0.15) is 11.8 Å². The Kier molecular flexibility index (Phi) is 6.03. The van der Waals surface area contributed by atoms with Crippen molar-refractivity contribution in [3.63, 3.8) is 0 Å². The van der Waals surface area contributed by atoms with Crippen LogP contribution in [0.2, 0.25) is 0 Å². The van der Waals surface area contributed by atoms with E-state index in [-0.39, 0.29) is 0 Å². The predicted molar refractivity (Wildman–Crippen MR) is 83.5 cm³/mol. The first-order valence-corrected chi connectivity index (χ1v) is 9.29. The maximum Gasteiger partial charge on any atom is 0.0594 e. The maximum absolute atomic E-state index is 5.63. The van der Waals surface area contributed by atoms with E-state index in [1.54, 1.807) is 0 Å². The lowest BCUT2D eigenvalue weighted by Crippen LogP contribution is -2.53. The van der Waals surface area contributed by atoms with Crippen molar-refractivity contribution >= 4 is 11.8 Å². The number of ether oxygens (including phenoxy) is 2. The molecule has 3 aliphatic heterocycles. The largest absolute Gasteiger partial charge is 0.381 e. The van der Waals surface area contributed by atoms with E-state index in [4.69, 9.17) is 9.47 Å². The molecular formula is C15H28N2O2S. The molecule has 20 heavy (non-hydrogen) atoms. The van der Waals surface area contributed by atoms with Crippen molar-refractivity contribution in [1.29, 1.82) is 0 Å². The minimum Gasteiger partial charge on any atom is -0.381 e. The molecule has 0 aromatic rings. The third kappa shape index (κ3) is 4.10. The van der Waals surface area contributed by atoms with Crippen molar-refractivity contribution in [2.75, 3.05) is 57.6 Å². The van der Waals surface area contributed by atoms with Gasteiger partial charge in [-0.05, 0) is 25.0 Å². The zero-order valence-electron chi connectivity index (χ0n) is 12.4. The molecule has 3 heterocycles. The monoisotopic (exact) mass is 300 g/mol. The van der Waals surface area contributed by atoms with Gasteiger partial charge in [-0.1, -0.05) is 0 Å². The van der Waals surface area contributed by atoms with Crippen LogP contribution in [0.15, 0.2) is 0 Å². The topological polar surface area (TPSA) is 33.7 Å². The number of hydrogen-bond acceptors (Lipinski definition) is 5. The Bertz CT molecular complexity index is 275. The van der Waals surface area contributed by atoms with Crippen molar-refractivity contribution in [3.05, 3.63) is 0 Å². The Labute approximate surface area is 126 Å². The van der Waals surface area contributed by atoms with E-state index in [2.05, 4.69) is 22.0 Å². The third-order valence-electron chi connectivity index (χ3n) is 4.80. The van der Waals surface area contributed by atoms with Crippen molar-refractivity contribution < 1.29 is 9.47 Å². The summed E-state index contributed by atoms with van der Waals surface area (Å²) >= 11 is 2.10. The number of nitrogens with one attached hydrogen (secondary N) is 1. The number of nitrogens with zero attached hydrogens (tertiary/aromatic N) is 1. The van der Waals surface area contributed by atoms with E-state index in [9.17, 15) is 0 Å². The van der Waals surface area contributed by atoms with Crippen LogP contribution < -0.4 is 5.32 Å². The molecule has 0 aromatic carbocycles. The van der Waals surface area contributed by atoms with Gasteiger partial charge in [0.15, 0.2) is 0 Å². The van der Waals surface area contributed by atoms with Crippen LogP contribution >= 0.6 is 11.8 Å². The molecule has 0 spiro atoms. The summed E-state index contributed by atoms with van der Waals surface area (Å²) in [7, 11) is 0. The fraction of sp³-hybridized carbons (Fsp3) is 1.00. The Morgan fingerprint density at radius 1 is 1.15 bits per heavy atom. The molecule has 0 amide bonds. The Morgan fingerprint density at radius 3 is 2.75 bits per heavy atom. The van der Waals surface area contributed by atoms with Crippen LogP contribution in [0.4, 0.5) is 0 Å². The maximum atomic E-state index is 5.63. The fourth-order valence-electron chi connectivity index (χ4n) is 3.55. The van der Waals surface area contributed by atoms with Crippen LogP contribution in [0.3, 0.4) is 0 Å². The van der Waals surface area contributed by atoms with E-state index in [1.807, 2.05) is 0 Å². The molecule has 0 radical (unpaired) electrons. The SMILES string of the molecule is C1CSC[C@H](NC[C@@H]([C@@H]2CCOC2)N2CCOCC2)C1. The first-order chi connectivity index (χ1) is 9.93.